The number of nitrogens with zero attached hydrogens (tertiary/aromatic N) is 1. The summed E-state index contributed by atoms with van der Waals surface area (Å²) in [4.78, 5) is 16.7. The molecule has 1 heterocycles. The number of anilines is 1. The number of aliphatic imine (C=N–C) groups is 1. The van der Waals surface area contributed by atoms with Crippen molar-refractivity contribution in [2.45, 2.75) is 58.5 Å². The molecule has 1 N–H and O–H groups in total. The zero-order valence-electron chi connectivity index (χ0n) is 14.8. The van der Waals surface area contributed by atoms with E-state index in [9.17, 15) is 4.79 Å². The number of benzene rings is 1. The molecule has 0 bridgehead atoms. The fourth-order valence-corrected chi connectivity index (χ4v) is 3.08. The summed E-state index contributed by atoms with van der Waals surface area (Å²) in [6.45, 7) is 10.0. The topological polar surface area (TPSA) is 50.7 Å². The number of fused-ring (bicyclic) bond motifs is 1. The van der Waals surface area contributed by atoms with Crippen LogP contribution < -0.4 is 5.32 Å². The van der Waals surface area contributed by atoms with Gasteiger partial charge in [-0.3, -0.25) is 5.32 Å². The van der Waals surface area contributed by atoms with E-state index in [1.54, 1.807) is 11.8 Å². The van der Waals surface area contributed by atoms with Gasteiger partial charge in [0.15, 0.2) is 0 Å². The van der Waals surface area contributed by atoms with E-state index >= 15 is 0 Å². The Balaban J connectivity index is 2.29. The number of carbonyl (C=O) groups is 1. The van der Waals surface area contributed by atoms with Crippen molar-refractivity contribution >= 4 is 34.3 Å². The first-order chi connectivity index (χ1) is 10.6. The molecule has 0 unspecified atom stereocenters. The van der Waals surface area contributed by atoms with Gasteiger partial charge < -0.3 is 4.74 Å². The summed E-state index contributed by atoms with van der Waals surface area (Å²) in [5.41, 5.74) is 2.42. The third-order valence-corrected chi connectivity index (χ3v) is 4.58. The molecular weight excluding hydrogens is 308 g/mol. The summed E-state index contributed by atoms with van der Waals surface area (Å²) in [6, 6.07) is 5.92. The fourth-order valence-electron chi connectivity index (χ4n) is 2.59. The molecule has 0 saturated carbocycles. The van der Waals surface area contributed by atoms with Gasteiger partial charge in [-0.25, -0.2) is 9.79 Å². The molecule has 23 heavy (non-hydrogen) atoms. The van der Waals surface area contributed by atoms with Crippen LogP contribution in [0.3, 0.4) is 0 Å². The van der Waals surface area contributed by atoms with Crippen LogP contribution in [-0.4, -0.2) is 23.0 Å². The molecule has 1 aromatic rings. The van der Waals surface area contributed by atoms with Gasteiger partial charge in [-0.2, -0.15) is 0 Å². The second-order valence-electron chi connectivity index (χ2n) is 7.45. The number of amides is 1. The van der Waals surface area contributed by atoms with Crippen LogP contribution in [0, 0.1) is 0 Å². The third kappa shape index (κ3) is 4.74. The van der Waals surface area contributed by atoms with E-state index in [-0.39, 0.29) is 5.41 Å². The van der Waals surface area contributed by atoms with Crippen LogP contribution in [0.5, 0.6) is 0 Å². The molecule has 0 saturated heterocycles. The molecule has 1 aliphatic rings. The number of thioether (sulfide) groups is 1. The lowest BCUT2D eigenvalue weighted by molar-refractivity contribution is 0.0636. The molecule has 0 aromatic heterocycles. The first-order valence-electron chi connectivity index (χ1n) is 7.87. The molecule has 1 amide bonds. The van der Waals surface area contributed by atoms with Gasteiger partial charge in [0.1, 0.15) is 5.60 Å². The first kappa shape index (κ1) is 17.9. The second-order valence-corrected chi connectivity index (χ2v) is 8.33. The maximum Gasteiger partial charge on any atom is 0.412 e. The van der Waals surface area contributed by atoms with Crippen LogP contribution >= 0.6 is 11.8 Å². The van der Waals surface area contributed by atoms with Gasteiger partial charge in [-0.1, -0.05) is 19.9 Å². The number of nitrogens with one attached hydrogen (secondary N) is 1. The van der Waals surface area contributed by atoms with Gasteiger partial charge in [0, 0.05) is 5.69 Å². The van der Waals surface area contributed by atoms with Crippen molar-refractivity contribution in [3.05, 3.63) is 23.8 Å². The average molecular weight is 334 g/mol. The van der Waals surface area contributed by atoms with Gasteiger partial charge in [0.2, 0.25) is 0 Å². The molecule has 0 atom stereocenters. The van der Waals surface area contributed by atoms with Crippen LogP contribution in [0.2, 0.25) is 0 Å². The number of carbonyl (C=O) groups excluding carboxylic acids is 1. The van der Waals surface area contributed by atoms with Crippen molar-refractivity contribution in [2.24, 2.45) is 4.99 Å². The van der Waals surface area contributed by atoms with Crippen molar-refractivity contribution < 1.29 is 9.53 Å². The standard InChI is InChI=1S/C18H26N2O2S/c1-17(2,3)22-16(21)19-12-7-8-13-14(11-12)20-15(23-6)9-10-18(13,4)5/h7-8,11H,9-10H2,1-6H3,(H,19,21). The zero-order valence-corrected chi connectivity index (χ0v) is 15.6. The molecule has 1 aliphatic heterocycles. The van der Waals surface area contributed by atoms with E-state index in [1.807, 2.05) is 32.9 Å². The van der Waals surface area contributed by atoms with Crippen LogP contribution in [0.4, 0.5) is 16.2 Å². The molecule has 2 rings (SSSR count). The van der Waals surface area contributed by atoms with Crippen LogP contribution in [0.25, 0.3) is 0 Å². The summed E-state index contributed by atoms with van der Waals surface area (Å²) in [6.07, 6.45) is 3.66. The highest BCUT2D eigenvalue weighted by Gasteiger charge is 2.27. The largest absolute Gasteiger partial charge is 0.444 e. The molecule has 1 aromatic carbocycles. The van der Waals surface area contributed by atoms with Crippen LogP contribution in [-0.2, 0) is 10.2 Å². The lowest BCUT2D eigenvalue weighted by Crippen LogP contribution is -2.27. The number of hydrogen-bond acceptors (Lipinski definition) is 4. The lowest BCUT2D eigenvalue weighted by atomic mass is 9.80. The highest BCUT2D eigenvalue weighted by atomic mass is 32.2. The summed E-state index contributed by atoms with van der Waals surface area (Å²) in [5.74, 6) is 0. The number of hydrogen-bond donors (Lipinski definition) is 1. The van der Waals surface area contributed by atoms with Crippen molar-refractivity contribution in [3.8, 4) is 0 Å². The monoisotopic (exact) mass is 334 g/mol. The lowest BCUT2D eigenvalue weighted by Gasteiger charge is -2.25. The summed E-state index contributed by atoms with van der Waals surface area (Å²) < 4.78 is 5.30. The molecule has 5 heteroatoms. The summed E-state index contributed by atoms with van der Waals surface area (Å²) in [7, 11) is 0. The van der Waals surface area contributed by atoms with Gasteiger partial charge in [-0.05, 0) is 63.0 Å². The minimum atomic E-state index is -0.512. The van der Waals surface area contributed by atoms with Gasteiger partial charge >= 0.3 is 6.09 Å². The second kappa shape index (κ2) is 6.56. The molecular formula is C18H26N2O2S. The van der Waals surface area contributed by atoms with Crippen LogP contribution in [0.15, 0.2) is 23.2 Å². The smallest absolute Gasteiger partial charge is 0.412 e. The fraction of sp³-hybridized carbons (Fsp3) is 0.556. The Morgan fingerprint density at radius 1 is 1.35 bits per heavy atom. The Bertz CT molecular complexity index is 630. The number of rotatable bonds is 1. The average Bonchev–Trinajstić information content (AvgIpc) is 2.53. The molecule has 4 nitrogen and oxygen atoms in total. The Morgan fingerprint density at radius 3 is 2.65 bits per heavy atom. The van der Waals surface area contributed by atoms with Crippen molar-refractivity contribution in [1.29, 1.82) is 0 Å². The Morgan fingerprint density at radius 2 is 2.04 bits per heavy atom. The van der Waals surface area contributed by atoms with E-state index in [4.69, 9.17) is 9.73 Å². The molecule has 0 fully saturated rings. The van der Waals surface area contributed by atoms with Gasteiger partial charge in [-0.15, -0.1) is 11.8 Å². The normalized spacial score (nSPS) is 16.9. The maximum atomic E-state index is 11.9. The van der Waals surface area contributed by atoms with Gasteiger partial charge in [0.05, 0.1) is 10.7 Å². The van der Waals surface area contributed by atoms with Crippen molar-refractivity contribution in [2.75, 3.05) is 11.6 Å². The van der Waals surface area contributed by atoms with E-state index in [1.165, 1.54) is 5.56 Å². The quantitative estimate of drug-likeness (QED) is 0.738. The van der Waals surface area contributed by atoms with Gasteiger partial charge in [0.25, 0.3) is 0 Å². The Kier molecular flexibility index (Phi) is 5.09. The van der Waals surface area contributed by atoms with E-state index in [0.717, 1.165) is 23.6 Å². The molecule has 0 spiro atoms. The molecule has 0 radical (unpaired) electrons. The predicted octanol–water partition coefficient (Wildman–Crippen LogP) is 5.50. The van der Waals surface area contributed by atoms with Crippen molar-refractivity contribution in [3.63, 3.8) is 0 Å². The molecule has 0 aliphatic carbocycles. The van der Waals surface area contributed by atoms with Crippen molar-refractivity contribution in [1.82, 2.24) is 0 Å². The number of ether oxygens (including phenoxy) is 1. The summed E-state index contributed by atoms with van der Waals surface area (Å²) in [5, 5.41) is 3.92. The van der Waals surface area contributed by atoms with E-state index in [0.29, 0.717) is 5.69 Å². The maximum absolute atomic E-state index is 11.9. The van der Waals surface area contributed by atoms with Crippen LogP contribution in [0.1, 0.15) is 53.0 Å². The zero-order chi connectivity index (χ0) is 17.3. The minimum Gasteiger partial charge on any atom is -0.444 e. The first-order valence-corrected chi connectivity index (χ1v) is 9.09. The highest BCUT2D eigenvalue weighted by molar-refractivity contribution is 8.13. The Labute approximate surface area is 143 Å². The van der Waals surface area contributed by atoms with E-state index in [2.05, 4.69) is 31.5 Å². The van der Waals surface area contributed by atoms with E-state index < -0.39 is 11.7 Å². The Hall–Kier alpha value is -1.49. The highest BCUT2D eigenvalue weighted by Crippen LogP contribution is 2.40. The predicted molar refractivity (Wildman–Crippen MR) is 99.2 cm³/mol. The third-order valence-electron chi connectivity index (χ3n) is 3.82. The molecule has 126 valence electrons. The summed E-state index contributed by atoms with van der Waals surface area (Å²) >= 11 is 1.69. The SMILES string of the molecule is CSC1=Nc2cc(NC(=O)OC(C)(C)C)ccc2C(C)(C)CC1. The minimum absolute atomic E-state index is 0.0702.